The van der Waals surface area contributed by atoms with Gasteiger partial charge in [-0.2, -0.15) is 5.26 Å². The van der Waals surface area contributed by atoms with Crippen molar-refractivity contribution in [2.45, 2.75) is 6.92 Å². The van der Waals surface area contributed by atoms with Crippen LogP contribution in [0.1, 0.15) is 12.5 Å². The van der Waals surface area contributed by atoms with E-state index in [1.54, 1.807) is 12.1 Å². The highest BCUT2D eigenvalue weighted by molar-refractivity contribution is 5.88. The number of carbonyl (C=O) groups is 1. The number of nitrogens with zero attached hydrogens (tertiary/aromatic N) is 5. The molecule has 140 valence electrons. The Kier molecular flexibility index (Phi) is 5.47. The first-order valence-electron chi connectivity index (χ1n) is 8.75. The van der Waals surface area contributed by atoms with Crippen LogP contribution in [0, 0.1) is 21.4 Å². The number of rotatable bonds is 5. The molecule has 0 spiro atoms. The third kappa shape index (κ3) is 4.12. The highest BCUT2D eigenvalue weighted by Gasteiger charge is 2.21. The number of nitro benzene ring substituents is 1. The predicted octanol–water partition coefficient (Wildman–Crippen LogP) is 1.27. The molecule has 2 heterocycles. The van der Waals surface area contributed by atoms with Crippen LogP contribution in [0.2, 0.25) is 0 Å². The van der Waals surface area contributed by atoms with E-state index in [0.717, 1.165) is 13.1 Å². The standard InChI is InChI=1S/C18H20N6O3/c1-2-20-18(25)12-22-5-7-23(8-6-22)17-9-13(11-19)15-10-14(24(26)27)3-4-16(15)21-17/h3-4,9-10H,2,5-8,12H2,1H3,(H,20,25). The molecule has 27 heavy (non-hydrogen) atoms. The second-order valence-electron chi connectivity index (χ2n) is 6.32. The molecule has 0 unspecified atom stereocenters. The van der Waals surface area contributed by atoms with E-state index in [-0.39, 0.29) is 11.6 Å². The van der Waals surface area contributed by atoms with Crippen molar-refractivity contribution in [3.63, 3.8) is 0 Å². The summed E-state index contributed by atoms with van der Waals surface area (Å²) >= 11 is 0. The number of non-ortho nitro benzene ring substituents is 1. The minimum Gasteiger partial charge on any atom is -0.355 e. The summed E-state index contributed by atoms with van der Waals surface area (Å²) in [6, 6.07) is 8.13. The van der Waals surface area contributed by atoms with Crippen LogP contribution in [0.4, 0.5) is 11.5 Å². The number of amides is 1. The second-order valence-corrected chi connectivity index (χ2v) is 6.32. The summed E-state index contributed by atoms with van der Waals surface area (Å²) in [7, 11) is 0. The number of nitrogens with one attached hydrogen (secondary N) is 1. The van der Waals surface area contributed by atoms with E-state index in [4.69, 9.17) is 0 Å². The van der Waals surface area contributed by atoms with Crippen LogP contribution in [0.15, 0.2) is 24.3 Å². The molecule has 2 aromatic rings. The lowest BCUT2D eigenvalue weighted by Gasteiger charge is -2.35. The van der Waals surface area contributed by atoms with Crippen LogP contribution in [0.5, 0.6) is 0 Å². The van der Waals surface area contributed by atoms with Gasteiger partial charge in [-0.25, -0.2) is 4.98 Å². The highest BCUT2D eigenvalue weighted by Crippen LogP contribution is 2.26. The van der Waals surface area contributed by atoms with Gasteiger partial charge in [0.25, 0.3) is 5.69 Å². The molecule has 1 aromatic carbocycles. The first kappa shape index (κ1) is 18.5. The van der Waals surface area contributed by atoms with Crippen LogP contribution in [-0.2, 0) is 4.79 Å². The van der Waals surface area contributed by atoms with E-state index >= 15 is 0 Å². The van der Waals surface area contributed by atoms with Crippen LogP contribution in [0.25, 0.3) is 10.9 Å². The Hall–Kier alpha value is -3.25. The molecule has 1 saturated heterocycles. The Labute approximate surface area is 156 Å². The summed E-state index contributed by atoms with van der Waals surface area (Å²) in [4.78, 5) is 30.9. The number of hydrogen-bond donors (Lipinski definition) is 1. The average molecular weight is 368 g/mol. The lowest BCUT2D eigenvalue weighted by molar-refractivity contribution is -0.384. The number of aromatic nitrogens is 1. The fraction of sp³-hybridized carbons (Fsp3) is 0.389. The van der Waals surface area contributed by atoms with Crippen LogP contribution < -0.4 is 10.2 Å². The number of anilines is 1. The second kappa shape index (κ2) is 7.97. The largest absolute Gasteiger partial charge is 0.355 e. The molecule has 0 atom stereocenters. The van der Waals surface area contributed by atoms with Crippen molar-refractivity contribution in [3.05, 3.63) is 39.9 Å². The molecule has 1 amide bonds. The number of nitro groups is 1. The summed E-state index contributed by atoms with van der Waals surface area (Å²) in [5, 5.41) is 23.7. The summed E-state index contributed by atoms with van der Waals surface area (Å²) in [6.07, 6.45) is 0. The van der Waals surface area contributed by atoms with Crippen LogP contribution in [-0.4, -0.2) is 60.0 Å². The zero-order valence-electron chi connectivity index (χ0n) is 15.0. The minimum atomic E-state index is -0.484. The fourth-order valence-corrected chi connectivity index (χ4v) is 3.16. The quantitative estimate of drug-likeness (QED) is 0.624. The summed E-state index contributed by atoms with van der Waals surface area (Å²) in [5.41, 5.74) is 0.857. The van der Waals surface area contributed by atoms with Gasteiger partial charge in [0.2, 0.25) is 5.91 Å². The van der Waals surface area contributed by atoms with Crippen molar-refractivity contribution in [1.29, 1.82) is 5.26 Å². The normalized spacial score (nSPS) is 14.7. The Morgan fingerprint density at radius 2 is 2.07 bits per heavy atom. The van der Waals surface area contributed by atoms with Gasteiger partial charge in [0, 0.05) is 50.2 Å². The molecule has 1 N–H and O–H groups in total. The van der Waals surface area contributed by atoms with Gasteiger partial charge in [-0.3, -0.25) is 19.8 Å². The predicted molar refractivity (Wildman–Crippen MR) is 100 cm³/mol. The van der Waals surface area contributed by atoms with E-state index in [1.165, 1.54) is 12.1 Å². The maximum Gasteiger partial charge on any atom is 0.270 e. The lowest BCUT2D eigenvalue weighted by atomic mass is 10.1. The monoisotopic (exact) mass is 368 g/mol. The molecule has 9 nitrogen and oxygen atoms in total. The van der Waals surface area contributed by atoms with Crippen molar-refractivity contribution < 1.29 is 9.72 Å². The molecule has 0 saturated carbocycles. The summed E-state index contributed by atoms with van der Waals surface area (Å²) in [5.74, 6) is 0.689. The van der Waals surface area contributed by atoms with Gasteiger partial charge >= 0.3 is 0 Å². The molecule has 1 fully saturated rings. The Bertz CT molecular complexity index is 915. The van der Waals surface area contributed by atoms with Gasteiger partial charge in [0.1, 0.15) is 5.82 Å². The Balaban J connectivity index is 1.78. The van der Waals surface area contributed by atoms with Gasteiger partial charge in [0.15, 0.2) is 0 Å². The number of carbonyl (C=O) groups excluding carboxylic acids is 1. The highest BCUT2D eigenvalue weighted by atomic mass is 16.6. The first-order chi connectivity index (χ1) is 13.0. The van der Waals surface area contributed by atoms with E-state index < -0.39 is 4.92 Å². The molecule has 1 aliphatic rings. The van der Waals surface area contributed by atoms with Gasteiger partial charge < -0.3 is 10.2 Å². The fourth-order valence-electron chi connectivity index (χ4n) is 3.16. The van der Waals surface area contributed by atoms with Gasteiger partial charge in [0.05, 0.1) is 28.6 Å². The van der Waals surface area contributed by atoms with Gasteiger partial charge in [-0.1, -0.05) is 0 Å². The van der Waals surface area contributed by atoms with Gasteiger partial charge in [-0.15, -0.1) is 0 Å². The smallest absolute Gasteiger partial charge is 0.270 e. The Morgan fingerprint density at radius 1 is 1.33 bits per heavy atom. The molecule has 0 bridgehead atoms. The van der Waals surface area contributed by atoms with Crippen LogP contribution in [0.3, 0.4) is 0 Å². The molecule has 9 heteroatoms. The van der Waals surface area contributed by atoms with E-state index in [1.807, 2.05) is 6.92 Å². The molecule has 0 aliphatic carbocycles. The molecular weight excluding hydrogens is 348 g/mol. The first-order valence-corrected chi connectivity index (χ1v) is 8.75. The van der Waals surface area contributed by atoms with E-state index in [0.29, 0.717) is 48.5 Å². The number of pyridine rings is 1. The number of likely N-dealkylation sites (N-methyl/N-ethyl adjacent to an activating group) is 1. The minimum absolute atomic E-state index is 0.0168. The number of fused-ring (bicyclic) bond motifs is 1. The zero-order chi connectivity index (χ0) is 19.4. The van der Waals surface area contributed by atoms with E-state index in [2.05, 4.69) is 26.2 Å². The number of hydrogen-bond acceptors (Lipinski definition) is 7. The molecule has 1 aromatic heterocycles. The topological polar surface area (TPSA) is 115 Å². The van der Waals surface area contributed by atoms with Crippen LogP contribution >= 0.6 is 0 Å². The van der Waals surface area contributed by atoms with Crippen molar-refractivity contribution in [1.82, 2.24) is 15.2 Å². The average Bonchev–Trinajstić information content (AvgIpc) is 2.67. The van der Waals surface area contributed by atoms with Crippen molar-refractivity contribution in [3.8, 4) is 6.07 Å². The maximum absolute atomic E-state index is 11.7. The molecule has 1 aliphatic heterocycles. The summed E-state index contributed by atoms with van der Waals surface area (Å²) < 4.78 is 0. The molecule has 3 rings (SSSR count). The number of piperazine rings is 1. The molecule has 0 radical (unpaired) electrons. The van der Waals surface area contributed by atoms with E-state index in [9.17, 15) is 20.2 Å². The summed E-state index contributed by atoms with van der Waals surface area (Å²) in [6.45, 7) is 5.71. The molecular formula is C18H20N6O3. The Morgan fingerprint density at radius 3 is 2.70 bits per heavy atom. The number of nitriles is 1. The van der Waals surface area contributed by atoms with Crippen molar-refractivity contribution in [2.24, 2.45) is 0 Å². The lowest BCUT2D eigenvalue weighted by Crippen LogP contribution is -2.49. The third-order valence-electron chi connectivity index (χ3n) is 4.55. The van der Waals surface area contributed by atoms with Crippen molar-refractivity contribution >= 4 is 28.3 Å². The maximum atomic E-state index is 11.7. The van der Waals surface area contributed by atoms with Gasteiger partial charge in [-0.05, 0) is 19.1 Å². The SMILES string of the molecule is CCNC(=O)CN1CCN(c2cc(C#N)c3cc([N+](=O)[O-])ccc3n2)CC1. The number of benzene rings is 1. The third-order valence-corrected chi connectivity index (χ3v) is 4.55. The van der Waals surface area contributed by atoms with Crippen molar-refractivity contribution in [2.75, 3.05) is 44.2 Å². The zero-order valence-corrected chi connectivity index (χ0v) is 15.0.